The number of halogens is 4. The Balaban J connectivity index is 1.42. The molecular formula is C22H16F4N6O3. The van der Waals surface area contributed by atoms with Crippen LogP contribution in [0.2, 0.25) is 0 Å². The normalized spacial score (nSPS) is 11.1. The van der Waals surface area contributed by atoms with Crippen molar-refractivity contribution in [2.75, 3.05) is 10.6 Å². The van der Waals surface area contributed by atoms with Crippen LogP contribution in [0.25, 0.3) is 11.3 Å². The van der Waals surface area contributed by atoms with Gasteiger partial charge in [0.1, 0.15) is 23.6 Å². The monoisotopic (exact) mass is 488 g/mol. The molecule has 0 bridgehead atoms. The fraction of sp³-hybridized carbons (Fsp3) is 0.0909. The Labute approximate surface area is 195 Å². The van der Waals surface area contributed by atoms with Crippen LogP contribution < -0.4 is 20.1 Å². The van der Waals surface area contributed by atoms with E-state index in [0.29, 0.717) is 5.69 Å². The predicted octanol–water partition coefficient (Wildman–Crippen LogP) is 5.35. The maximum absolute atomic E-state index is 14.2. The molecule has 180 valence electrons. The number of aryl methyl sites for hydroxylation is 1. The molecule has 0 radical (unpaired) electrons. The van der Waals surface area contributed by atoms with Gasteiger partial charge in [-0.15, -0.1) is 13.2 Å². The molecular weight excluding hydrogens is 472 g/mol. The molecule has 0 atom stereocenters. The lowest BCUT2D eigenvalue weighted by molar-refractivity contribution is -0.274. The number of carbonyl (C=O) groups is 1. The standard InChI is InChI=1S/C22H16F4N6O3/c1-32-11-13(10-29-32)18-9-20(28-12-27-18)34-16-6-7-17(23)19(8-16)31-21(33)30-14-2-4-15(5-3-14)35-22(24,25)26/h2-12H,1H3,(H2,30,31,33). The summed E-state index contributed by atoms with van der Waals surface area (Å²) >= 11 is 0. The number of benzene rings is 2. The summed E-state index contributed by atoms with van der Waals surface area (Å²) in [5.74, 6) is -0.816. The maximum atomic E-state index is 14.2. The third kappa shape index (κ3) is 6.43. The molecule has 2 aromatic carbocycles. The van der Waals surface area contributed by atoms with Crippen molar-refractivity contribution in [3.05, 3.63) is 73.1 Å². The topological polar surface area (TPSA) is 103 Å². The molecule has 0 aliphatic carbocycles. The van der Waals surface area contributed by atoms with Gasteiger partial charge >= 0.3 is 12.4 Å². The first-order valence-electron chi connectivity index (χ1n) is 9.87. The summed E-state index contributed by atoms with van der Waals surface area (Å²) in [5.41, 5.74) is 1.28. The number of hydrogen-bond acceptors (Lipinski definition) is 6. The average molecular weight is 488 g/mol. The van der Waals surface area contributed by atoms with Crippen LogP contribution in [0.5, 0.6) is 17.4 Å². The van der Waals surface area contributed by atoms with Gasteiger partial charge in [-0.05, 0) is 36.4 Å². The molecule has 0 aliphatic heterocycles. The van der Waals surface area contributed by atoms with E-state index < -0.39 is 24.0 Å². The van der Waals surface area contributed by atoms with E-state index in [2.05, 4.69) is 30.4 Å². The minimum Gasteiger partial charge on any atom is -0.439 e. The highest BCUT2D eigenvalue weighted by atomic mass is 19.4. The number of anilines is 2. The van der Waals surface area contributed by atoms with Crippen LogP contribution in [0.3, 0.4) is 0 Å². The van der Waals surface area contributed by atoms with E-state index in [1.165, 1.54) is 30.6 Å². The van der Waals surface area contributed by atoms with Gasteiger partial charge in [0.25, 0.3) is 0 Å². The van der Waals surface area contributed by atoms with Gasteiger partial charge in [0, 0.05) is 36.6 Å². The molecule has 9 nitrogen and oxygen atoms in total. The first-order chi connectivity index (χ1) is 16.6. The van der Waals surface area contributed by atoms with Gasteiger partial charge in [-0.1, -0.05) is 0 Å². The van der Waals surface area contributed by atoms with Crippen LogP contribution in [0.1, 0.15) is 0 Å². The summed E-state index contributed by atoms with van der Waals surface area (Å²) in [6, 6.07) is 8.90. The number of urea groups is 1. The van der Waals surface area contributed by atoms with E-state index in [9.17, 15) is 22.4 Å². The van der Waals surface area contributed by atoms with Crippen molar-refractivity contribution in [3.8, 4) is 28.6 Å². The van der Waals surface area contributed by atoms with Crippen molar-refractivity contribution in [3.63, 3.8) is 0 Å². The highest BCUT2D eigenvalue weighted by molar-refractivity contribution is 6.00. The molecule has 4 rings (SSSR count). The van der Waals surface area contributed by atoms with E-state index in [-0.39, 0.29) is 23.0 Å². The van der Waals surface area contributed by atoms with Gasteiger partial charge in [-0.25, -0.2) is 19.2 Å². The quantitative estimate of drug-likeness (QED) is 0.355. The summed E-state index contributed by atoms with van der Waals surface area (Å²) in [7, 11) is 1.77. The van der Waals surface area contributed by atoms with Crippen molar-refractivity contribution < 1.29 is 31.8 Å². The third-order valence-corrected chi connectivity index (χ3v) is 4.40. The molecule has 13 heteroatoms. The number of amides is 2. The second-order valence-corrected chi connectivity index (χ2v) is 7.04. The molecule has 0 saturated carbocycles. The number of hydrogen-bond donors (Lipinski definition) is 2. The Bertz CT molecular complexity index is 1340. The Morgan fingerprint density at radius 1 is 1.00 bits per heavy atom. The van der Waals surface area contributed by atoms with Crippen molar-refractivity contribution in [1.82, 2.24) is 19.7 Å². The van der Waals surface area contributed by atoms with E-state index in [1.807, 2.05) is 0 Å². The third-order valence-electron chi connectivity index (χ3n) is 4.40. The van der Waals surface area contributed by atoms with Crippen molar-refractivity contribution >= 4 is 17.4 Å². The lowest BCUT2D eigenvalue weighted by Gasteiger charge is -2.12. The minimum absolute atomic E-state index is 0.161. The van der Waals surface area contributed by atoms with Crippen molar-refractivity contribution in [1.29, 1.82) is 0 Å². The molecule has 2 heterocycles. The second-order valence-electron chi connectivity index (χ2n) is 7.04. The lowest BCUT2D eigenvalue weighted by atomic mass is 10.2. The fourth-order valence-electron chi connectivity index (χ4n) is 2.92. The van der Waals surface area contributed by atoms with E-state index >= 15 is 0 Å². The average Bonchev–Trinajstić information content (AvgIpc) is 3.23. The molecule has 2 aromatic heterocycles. The first kappa shape index (κ1) is 23.5. The second kappa shape index (κ2) is 9.67. The van der Waals surface area contributed by atoms with Crippen molar-refractivity contribution in [2.24, 2.45) is 7.05 Å². The molecule has 0 aliphatic rings. The van der Waals surface area contributed by atoms with E-state index in [0.717, 1.165) is 23.8 Å². The van der Waals surface area contributed by atoms with Gasteiger partial charge in [-0.3, -0.25) is 4.68 Å². The Morgan fingerprint density at radius 2 is 1.74 bits per heavy atom. The maximum Gasteiger partial charge on any atom is 0.573 e. The van der Waals surface area contributed by atoms with Gasteiger partial charge in [0.05, 0.1) is 17.6 Å². The number of aromatic nitrogens is 4. The summed E-state index contributed by atoms with van der Waals surface area (Å²) in [6.07, 6.45) is -0.134. The SMILES string of the molecule is Cn1cc(-c2cc(Oc3ccc(F)c(NC(=O)Nc4ccc(OC(F)(F)F)cc4)c3)ncn2)cn1. The zero-order chi connectivity index (χ0) is 25.0. The molecule has 0 spiro atoms. The van der Waals surface area contributed by atoms with Gasteiger partial charge in [0.15, 0.2) is 0 Å². The van der Waals surface area contributed by atoms with Crippen LogP contribution in [-0.4, -0.2) is 32.1 Å². The highest BCUT2D eigenvalue weighted by Crippen LogP contribution is 2.28. The summed E-state index contributed by atoms with van der Waals surface area (Å²) in [6.45, 7) is 0. The van der Waals surface area contributed by atoms with Crippen LogP contribution >= 0.6 is 0 Å². The predicted molar refractivity (Wildman–Crippen MR) is 116 cm³/mol. The number of alkyl halides is 3. The lowest BCUT2D eigenvalue weighted by Crippen LogP contribution is -2.20. The zero-order valence-corrected chi connectivity index (χ0v) is 17.9. The fourth-order valence-corrected chi connectivity index (χ4v) is 2.92. The molecule has 0 unspecified atom stereocenters. The number of ether oxygens (including phenoxy) is 2. The number of rotatable bonds is 6. The van der Waals surface area contributed by atoms with Gasteiger partial charge in [-0.2, -0.15) is 5.10 Å². The first-order valence-corrected chi connectivity index (χ1v) is 9.87. The van der Waals surface area contributed by atoms with Crippen molar-refractivity contribution in [2.45, 2.75) is 6.36 Å². The minimum atomic E-state index is -4.83. The Morgan fingerprint density at radius 3 is 2.43 bits per heavy atom. The van der Waals surface area contributed by atoms with Crippen LogP contribution in [-0.2, 0) is 7.05 Å². The molecule has 0 saturated heterocycles. The zero-order valence-electron chi connectivity index (χ0n) is 17.9. The summed E-state index contributed by atoms with van der Waals surface area (Å²) in [4.78, 5) is 20.4. The smallest absolute Gasteiger partial charge is 0.439 e. The molecule has 2 N–H and O–H groups in total. The van der Waals surface area contributed by atoms with Crippen LogP contribution in [0, 0.1) is 5.82 Å². The van der Waals surface area contributed by atoms with Crippen LogP contribution in [0.4, 0.5) is 33.7 Å². The van der Waals surface area contributed by atoms with E-state index in [4.69, 9.17) is 4.74 Å². The number of carbonyl (C=O) groups excluding carboxylic acids is 1. The Hall–Kier alpha value is -4.68. The van der Waals surface area contributed by atoms with Gasteiger partial charge in [0.2, 0.25) is 5.88 Å². The molecule has 35 heavy (non-hydrogen) atoms. The number of nitrogens with one attached hydrogen (secondary N) is 2. The molecule has 4 aromatic rings. The molecule has 2 amide bonds. The summed E-state index contributed by atoms with van der Waals surface area (Å²) < 4.78 is 62.0. The molecule has 0 fully saturated rings. The Kier molecular flexibility index (Phi) is 6.48. The largest absolute Gasteiger partial charge is 0.573 e. The van der Waals surface area contributed by atoms with E-state index in [1.54, 1.807) is 30.2 Å². The number of nitrogens with zero attached hydrogens (tertiary/aromatic N) is 4. The van der Waals surface area contributed by atoms with Gasteiger partial charge < -0.3 is 20.1 Å². The highest BCUT2D eigenvalue weighted by Gasteiger charge is 2.31. The van der Waals surface area contributed by atoms with Crippen LogP contribution in [0.15, 0.2) is 67.3 Å². The summed E-state index contributed by atoms with van der Waals surface area (Å²) in [5, 5.41) is 8.78.